The van der Waals surface area contributed by atoms with Gasteiger partial charge in [-0.25, -0.2) is 0 Å². The molecule has 108 valence electrons. The fraction of sp³-hybridized carbons (Fsp3) is 0.235. The van der Waals surface area contributed by atoms with Gasteiger partial charge in [-0.2, -0.15) is 0 Å². The first-order chi connectivity index (χ1) is 10.3. The minimum atomic E-state index is 0.566. The lowest BCUT2D eigenvalue weighted by Crippen LogP contribution is -2.19. The van der Waals surface area contributed by atoms with Gasteiger partial charge < -0.3 is 10.1 Å². The summed E-state index contributed by atoms with van der Waals surface area (Å²) in [5.41, 5.74) is 3.37. The average molecular weight is 301 g/mol. The van der Waals surface area contributed by atoms with E-state index in [1.807, 2.05) is 24.3 Å². The molecule has 0 fully saturated rings. The van der Waals surface area contributed by atoms with Crippen molar-refractivity contribution in [3.05, 3.63) is 70.2 Å². The molecule has 0 spiro atoms. The Hall–Kier alpha value is -1.84. The van der Waals surface area contributed by atoms with Crippen molar-refractivity contribution < 1.29 is 4.74 Å². The average Bonchev–Trinajstić information content (AvgIpc) is 3.02. The van der Waals surface area contributed by atoms with E-state index in [0.717, 1.165) is 40.6 Å². The number of nitrogens with one attached hydrogen (secondary N) is 1. The van der Waals surface area contributed by atoms with Gasteiger partial charge >= 0.3 is 0 Å². The number of hydrogen-bond donors (Lipinski definition) is 1. The Balaban J connectivity index is 1.53. The molecule has 3 rings (SSSR count). The highest BCUT2D eigenvalue weighted by Gasteiger charge is 2.07. The van der Waals surface area contributed by atoms with E-state index in [2.05, 4.69) is 34.6 Å². The maximum Gasteiger partial charge on any atom is 0.128 e. The lowest BCUT2D eigenvalue weighted by molar-refractivity contribution is 0.107. The summed E-state index contributed by atoms with van der Waals surface area (Å²) in [6, 6.07) is 16.1. The Bertz CT molecular complexity index is 637. The van der Waals surface area contributed by atoms with Crippen molar-refractivity contribution in [1.29, 1.82) is 0 Å². The summed E-state index contributed by atoms with van der Waals surface area (Å²) >= 11 is 5.95. The van der Waals surface area contributed by atoms with Crippen LogP contribution in [0, 0.1) is 0 Å². The van der Waals surface area contributed by atoms with Crippen molar-refractivity contribution in [2.75, 3.05) is 13.1 Å². The van der Waals surface area contributed by atoms with Gasteiger partial charge in [0.15, 0.2) is 0 Å². The first-order valence-corrected chi connectivity index (χ1v) is 7.39. The molecule has 2 aromatic rings. The predicted molar refractivity (Wildman–Crippen MR) is 85.8 cm³/mol. The molecule has 0 aliphatic carbocycles. The molecule has 0 saturated carbocycles. The number of halogens is 1. The van der Waals surface area contributed by atoms with Crippen LogP contribution in [0.25, 0.3) is 0 Å². The highest BCUT2D eigenvalue weighted by Crippen LogP contribution is 2.13. The van der Waals surface area contributed by atoms with Gasteiger partial charge in [0.2, 0.25) is 0 Å². The van der Waals surface area contributed by atoms with Crippen LogP contribution in [0.3, 0.4) is 0 Å². The molecule has 0 atom stereocenters. The zero-order valence-electron chi connectivity index (χ0n) is 11.7. The van der Waals surface area contributed by atoms with E-state index >= 15 is 0 Å². The van der Waals surface area contributed by atoms with Crippen LogP contribution in [-0.2, 0) is 18.0 Å². The molecule has 1 heterocycles. The summed E-state index contributed by atoms with van der Waals surface area (Å²) in [5, 5.41) is 4.01. The third-order valence-electron chi connectivity index (χ3n) is 3.33. The van der Waals surface area contributed by atoms with E-state index in [1.165, 1.54) is 0 Å². The maximum absolute atomic E-state index is 5.95. The second-order valence-corrected chi connectivity index (χ2v) is 5.41. The lowest BCUT2D eigenvalue weighted by atomic mass is 10.1. The quantitative estimate of drug-likeness (QED) is 0.918. The van der Waals surface area contributed by atoms with E-state index < -0.39 is 0 Å². The van der Waals surface area contributed by atoms with Gasteiger partial charge in [-0.3, -0.25) is 4.99 Å². The van der Waals surface area contributed by atoms with Crippen molar-refractivity contribution in [3.8, 4) is 0 Å². The van der Waals surface area contributed by atoms with Crippen LogP contribution in [0.15, 0.2) is 53.5 Å². The standard InChI is InChI=1S/C17H17ClN2O/c18-16-3-1-2-14(10-16)12-21-11-13-4-6-15(7-5-13)17-19-8-9-20-17/h1-7,10H,8-9,11-12H2,(H,19,20). The van der Waals surface area contributed by atoms with Gasteiger partial charge in [0, 0.05) is 17.1 Å². The Morgan fingerprint density at radius 1 is 1.05 bits per heavy atom. The molecule has 4 heteroatoms. The Morgan fingerprint density at radius 3 is 2.57 bits per heavy atom. The highest BCUT2D eigenvalue weighted by atomic mass is 35.5. The van der Waals surface area contributed by atoms with E-state index in [-0.39, 0.29) is 0 Å². The number of rotatable bonds is 5. The largest absolute Gasteiger partial charge is 0.372 e. The summed E-state index contributed by atoms with van der Waals surface area (Å²) < 4.78 is 5.72. The minimum Gasteiger partial charge on any atom is -0.372 e. The monoisotopic (exact) mass is 300 g/mol. The molecule has 0 saturated heterocycles. The zero-order valence-corrected chi connectivity index (χ0v) is 12.4. The fourth-order valence-corrected chi connectivity index (χ4v) is 2.48. The second kappa shape index (κ2) is 6.74. The smallest absolute Gasteiger partial charge is 0.128 e. The Labute approximate surface area is 129 Å². The molecule has 3 nitrogen and oxygen atoms in total. The Kier molecular flexibility index (Phi) is 4.53. The van der Waals surface area contributed by atoms with Crippen molar-refractivity contribution >= 4 is 17.4 Å². The summed E-state index contributed by atoms with van der Waals surface area (Å²) in [6.45, 7) is 2.95. The van der Waals surface area contributed by atoms with Crippen molar-refractivity contribution in [2.24, 2.45) is 4.99 Å². The minimum absolute atomic E-state index is 0.566. The first-order valence-electron chi connectivity index (χ1n) is 7.01. The number of amidine groups is 1. The molecular weight excluding hydrogens is 284 g/mol. The molecule has 1 aliphatic heterocycles. The lowest BCUT2D eigenvalue weighted by Gasteiger charge is -2.07. The van der Waals surface area contributed by atoms with Crippen LogP contribution in [-0.4, -0.2) is 18.9 Å². The molecule has 2 aromatic carbocycles. The zero-order chi connectivity index (χ0) is 14.5. The molecule has 0 aromatic heterocycles. The molecule has 1 aliphatic rings. The van der Waals surface area contributed by atoms with Crippen LogP contribution in [0.4, 0.5) is 0 Å². The maximum atomic E-state index is 5.95. The summed E-state index contributed by atoms with van der Waals surface area (Å²) in [5.74, 6) is 0.987. The van der Waals surface area contributed by atoms with Crippen LogP contribution >= 0.6 is 11.6 Å². The molecule has 21 heavy (non-hydrogen) atoms. The van der Waals surface area contributed by atoms with Crippen LogP contribution in [0.1, 0.15) is 16.7 Å². The fourth-order valence-electron chi connectivity index (χ4n) is 2.26. The third-order valence-corrected chi connectivity index (χ3v) is 3.56. The van der Waals surface area contributed by atoms with Crippen molar-refractivity contribution in [3.63, 3.8) is 0 Å². The van der Waals surface area contributed by atoms with E-state index in [4.69, 9.17) is 16.3 Å². The number of ether oxygens (including phenoxy) is 1. The second-order valence-electron chi connectivity index (χ2n) is 4.98. The number of hydrogen-bond acceptors (Lipinski definition) is 3. The van der Waals surface area contributed by atoms with Gasteiger partial charge in [0.05, 0.1) is 19.8 Å². The number of benzene rings is 2. The molecule has 0 unspecified atom stereocenters. The molecule has 1 N–H and O–H groups in total. The van der Waals surface area contributed by atoms with Crippen molar-refractivity contribution in [1.82, 2.24) is 5.32 Å². The third kappa shape index (κ3) is 3.84. The van der Waals surface area contributed by atoms with Gasteiger partial charge in [0.1, 0.15) is 5.84 Å². The summed E-state index contributed by atoms with van der Waals surface area (Å²) in [7, 11) is 0. The van der Waals surface area contributed by atoms with Gasteiger partial charge in [0.25, 0.3) is 0 Å². The van der Waals surface area contributed by atoms with E-state index in [1.54, 1.807) is 0 Å². The first kappa shape index (κ1) is 14.1. The van der Waals surface area contributed by atoms with Crippen LogP contribution in [0.2, 0.25) is 5.02 Å². The SMILES string of the molecule is Clc1cccc(COCc2ccc(C3=NCCN3)cc2)c1. The summed E-state index contributed by atoms with van der Waals surface area (Å²) in [4.78, 5) is 4.41. The van der Waals surface area contributed by atoms with E-state index in [0.29, 0.717) is 13.2 Å². The van der Waals surface area contributed by atoms with Gasteiger partial charge in [-0.15, -0.1) is 0 Å². The topological polar surface area (TPSA) is 33.6 Å². The van der Waals surface area contributed by atoms with E-state index in [9.17, 15) is 0 Å². The normalized spacial score (nSPS) is 13.9. The highest BCUT2D eigenvalue weighted by molar-refractivity contribution is 6.30. The molecule has 0 radical (unpaired) electrons. The van der Waals surface area contributed by atoms with Crippen LogP contribution in [0.5, 0.6) is 0 Å². The van der Waals surface area contributed by atoms with Gasteiger partial charge in [-0.1, -0.05) is 48.0 Å². The number of nitrogens with zero attached hydrogens (tertiary/aromatic N) is 1. The molecule has 0 amide bonds. The molecular formula is C17H17ClN2O. The van der Waals surface area contributed by atoms with Crippen LogP contribution < -0.4 is 5.32 Å². The molecule has 0 bridgehead atoms. The predicted octanol–water partition coefficient (Wildman–Crippen LogP) is 3.41. The van der Waals surface area contributed by atoms with Crippen molar-refractivity contribution in [2.45, 2.75) is 13.2 Å². The van der Waals surface area contributed by atoms with Gasteiger partial charge in [-0.05, 0) is 23.3 Å². The Morgan fingerprint density at radius 2 is 1.86 bits per heavy atom. The number of aliphatic imine (C=N–C) groups is 1. The summed E-state index contributed by atoms with van der Waals surface area (Å²) in [6.07, 6.45) is 0.